The third-order valence-electron chi connectivity index (χ3n) is 6.32. The Morgan fingerprint density at radius 1 is 1.26 bits per heavy atom. The van der Waals surface area contributed by atoms with Crippen molar-refractivity contribution in [3.05, 3.63) is 47.8 Å². The number of benzene rings is 1. The van der Waals surface area contributed by atoms with E-state index in [1.807, 2.05) is 12.3 Å². The van der Waals surface area contributed by atoms with Crippen LogP contribution in [0.5, 0.6) is 0 Å². The minimum atomic E-state index is 0.0729. The van der Waals surface area contributed by atoms with Crippen LogP contribution in [0.15, 0.2) is 36.5 Å². The Labute approximate surface area is 185 Å². The topological polar surface area (TPSA) is 77.5 Å². The maximum atomic E-state index is 11.8. The van der Waals surface area contributed by atoms with Crippen molar-refractivity contribution in [2.45, 2.75) is 52.0 Å². The quantitative estimate of drug-likeness (QED) is 0.617. The minimum absolute atomic E-state index is 0.0729. The zero-order valence-corrected chi connectivity index (χ0v) is 18.6. The van der Waals surface area contributed by atoms with Crippen molar-refractivity contribution in [2.75, 3.05) is 35.2 Å². The second kappa shape index (κ2) is 9.69. The highest BCUT2D eigenvalue weighted by Gasteiger charge is 2.21. The van der Waals surface area contributed by atoms with Gasteiger partial charge in [-0.05, 0) is 73.4 Å². The molecule has 6 nitrogen and oxygen atoms in total. The van der Waals surface area contributed by atoms with Crippen molar-refractivity contribution in [3.63, 3.8) is 0 Å². The summed E-state index contributed by atoms with van der Waals surface area (Å²) < 4.78 is 0. The smallest absolute Gasteiger partial charge is 0.224 e. The van der Waals surface area contributed by atoms with Gasteiger partial charge in [-0.25, -0.2) is 0 Å². The number of aliphatic hydroxyl groups excluding tert-OH is 1. The number of pyridine rings is 1. The number of carbonyl (C=O) groups excluding carboxylic acids is 1. The molecule has 2 unspecified atom stereocenters. The number of aryl methyl sites for hydroxylation is 1. The van der Waals surface area contributed by atoms with Crippen LogP contribution in [0.1, 0.15) is 56.8 Å². The first-order valence-corrected chi connectivity index (χ1v) is 11.5. The lowest BCUT2D eigenvalue weighted by molar-refractivity contribution is -0.116. The Bertz CT molecular complexity index is 897. The molecule has 0 spiro atoms. The molecule has 0 aliphatic carbocycles. The fraction of sp³-hybridized carbons (Fsp3) is 0.520. The summed E-state index contributed by atoms with van der Waals surface area (Å²) in [5, 5.41) is 16.2. The molecule has 2 aliphatic rings. The number of fused-ring (bicyclic) bond motifs is 1. The SMILES string of the molecule is CC(C)CC(Nc1ccc(N2CCCC(CO)C2)cc1)c1cc2c(cn1)CCC(=O)N2. The first kappa shape index (κ1) is 21.6. The van der Waals surface area contributed by atoms with E-state index >= 15 is 0 Å². The summed E-state index contributed by atoms with van der Waals surface area (Å²) in [4.78, 5) is 18.9. The maximum absolute atomic E-state index is 11.8. The predicted molar refractivity (Wildman–Crippen MR) is 125 cm³/mol. The zero-order chi connectivity index (χ0) is 21.8. The second-order valence-corrected chi connectivity index (χ2v) is 9.32. The van der Waals surface area contributed by atoms with E-state index in [1.165, 1.54) is 5.69 Å². The van der Waals surface area contributed by atoms with Gasteiger partial charge in [-0.1, -0.05) is 13.8 Å². The van der Waals surface area contributed by atoms with Crippen LogP contribution in [0.4, 0.5) is 17.1 Å². The standard InChI is InChI=1S/C25H34N4O2/c1-17(2)12-24(23-13-22-19(14-26-23)5-10-25(31)28-22)27-20-6-8-21(9-7-20)29-11-3-4-18(15-29)16-30/h6-9,13-14,17-18,24,27,30H,3-5,10-12,15-16H2,1-2H3,(H,28,31). The molecule has 0 bridgehead atoms. The number of nitrogens with one attached hydrogen (secondary N) is 2. The van der Waals surface area contributed by atoms with Crippen molar-refractivity contribution >= 4 is 23.0 Å². The molecule has 1 fully saturated rings. The molecular weight excluding hydrogens is 388 g/mol. The van der Waals surface area contributed by atoms with E-state index in [0.29, 0.717) is 18.3 Å². The van der Waals surface area contributed by atoms with Crippen LogP contribution in [0.3, 0.4) is 0 Å². The van der Waals surface area contributed by atoms with Crippen LogP contribution in [-0.2, 0) is 11.2 Å². The van der Waals surface area contributed by atoms with E-state index in [4.69, 9.17) is 4.98 Å². The Morgan fingerprint density at radius 2 is 2.06 bits per heavy atom. The summed E-state index contributed by atoms with van der Waals surface area (Å²) in [5.41, 5.74) is 5.24. The summed E-state index contributed by atoms with van der Waals surface area (Å²) in [6, 6.07) is 10.7. The molecule has 1 aromatic carbocycles. The van der Waals surface area contributed by atoms with Crippen LogP contribution >= 0.6 is 0 Å². The van der Waals surface area contributed by atoms with Crippen LogP contribution in [-0.4, -0.2) is 35.7 Å². The number of aliphatic hydroxyl groups is 1. The Hall–Kier alpha value is -2.60. The third kappa shape index (κ3) is 5.37. The van der Waals surface area contributed by atoms with E-state index in [2.05, 4.69) is 53.6 Å². The monoisotopic (exact) mass is 422 g/mol. The number of nitrogens with zero attached hydrogens (tertiary/aromatic N) is 2. The second-order valence-electron chi connectivity index (χ2n) is 9.32. The molecule has 6 heteroatoms. The van der Waals surface area contributed by atoms with Gasteiger partial charge in [0.2, 0.25) is 5.91 Å². The first-order valence-electron chi connectivity index (χ1n) is 11.5. The third-order valence-corrected chi connectivity index (χ3v) is 6.32. The number of hydrogen-bond donors (Lipinski definition) is 3. The van der Waals surface area contributed by atoms with Crippen molar-refractivity contribution in [1.82, 2.24) is 4.98 Å². The predicted octanol–water partition coefficient (Wildman–Crippen LogP) is 4.37. The van der Waals surface area contributed by atoms with E-state index < -0.39 is 0 Å². The first-order chi connectivity index (χ1) is 15.0. The molecule has 3 heterocycles. The lowest BCUT2D eigenvalue weighted by atomic mass is 9.97. The molecule has 2 aliphatic heterocycles. The van der Waals surface area contributed by atoms with Gasteiger partial charge in [0, 0.05) is 49.4 Å². The largest absolute Gasteiger partial charge is 0.396 e. The molecule has 1 saturated heterocycles. The molecular formula is C25H34N4O2. The molecule has 4 rings (SSSR count). The van der Waals surface area contributed by atoms with Crippen molar-refractivity contribution in [2.24, 2.45) is 11.8 Å². The number of anilines is 3. The molecule has 3 N–H and O–H groups in total. The highest BCUT2D eigenvalue weighted by Crippen LogP contribution is 2.31. The van der Waals surface area contributed by atoms with Gasteiger partial charge in [0.05, 0.1) is 11.7 Å². The van der Waals surface area contributed by atoms with Gasteiger partial charge in [-0.2, -0.15) is 0 Å². The molecule has 0 saturated carbocycles. The van der Waals surface area contributed by atoms with Gasteiger partial charge >= 0.3 is 0 Å². The van der Waals surface area contributed by atoms with Crippen LogP contribution < -0.4 is 15.5 Å². The van der Waals surface area contributed by atoms with Crippen LogP contribution in [0, 0.1) is 11.8 Å². The molecule has 1 aromatic heterocycles. The fourth-order valence-electron chi connectivity index (χ4n) is 4.61. The number of amides is 1. The van der Waals surface area contributed by atoms with E-state index in [0.717, 1.165) is 61.4 Å². The number of piperidine rings is 1. The van der Waals surface area contributed by atoms with Crippen molar-refractivity contribution < 1.29 is 9.90 Å². The Kier molecular flexibility index (Phi) is 6.76. The lowest BCUT2D eigenvalue weighted by Gasteiger charge is -2.33. The van der Waals surface area contributed by atoms with E-state index in [9.17, 15) is 9.90 Å². The maximum Gasteiger partial charge on any atom is 0.224 e. The number of aromatic nitrogens is 1. The van der Waals surface area contributed by atoms with Gasteiger partial charge in [0.15, 0.2) is 0 Å². The van der Waals surface area contributed by atoms with Gasteiger partial charge in [0.1, 0.15) is 0 Å². The Morgan fingerprint density at radius 3 is 2.81 bits per heavy atom. The highest BCUT2D eigenvalue weighted by molar-refractivity contribution is 5.93. The van der Waals surface area contributed by atoms with Gasteiger partial charge in [0.25, 0.3) is 0 Å². The average Bonchev–Trinajstić information content (AvgIpc) is 2.78. The minimum Gasteiger partial charge on any atom is -0.396 e. The van der Waals surface area contributed by atoms with Crippen LogP contribution in [0.25, 0.3) is 0 Å². The molecule has 31 heavy (non-hydrogen) atoms. The molecule has 2 atom stereocenters. The van der Waals surface area contributed by atoms with Crippen LogP contribution in [0.2, 0.25) is 0 Å². The molecule has 2 aromatic rings. The van der Waals surface area contributed by atoms with Gasteiger partial charge < -0.3 is 20.6 Å². The van der Waals surface area contributed by atoms with E-state index in [1.54, 1.807) is 0 Å². The van der Waals surface area contributed by atoms with Crippen molar-refractivity contribution in [1.29, 1.82) is 0 Å². The molecule has 0 radical (unpaired) electrons. The normalized spacial score (nSPS) is 19.7. The summed E-state index contributed by atoms with van der Waals surface area (Å²) in [6.45, 7) is 6.66. The van der Waals surface area contributed by atoms with Gasteiger partial charge in [-0.3, -0.25) is 9.78 Å². The zero-order valence-electron chi connectivity index (χ0n) is 18.6. The summed E-state index contributed by atoms with van der Waals surface area (Å²) in [7, 11) is 0. The average molecular weight is 423 g/mol. The number of hydrogen-bond acceptors (Lipinski definition) is 5. The molecule has 1 amide bonds. The lowest BCUT2D eigenvalue weighted by Crippen LogP contribution is -2.36. The number of carbonyl (C=O) groups is 1. The number of rotatable bonds is 7. The van der Waals surface area contributed by atoms with E-state index in [-0.39, 0.29) is 18.6 Å². The fourth-order valence-corrected chi connectivity index (χ4v) is 4.61. The highest BCUT2D eigenvalue weighted by atomic mass is 16.3. The Balaban J connectivity index is 1.49. The molecule has 166 valence electrons. The summed E-state index contributed by atoms with van der Waals surface area (Å²) >= 11 is 0. The van der Waals surface area contributed by atoms with Gasteiger partial charge in [-0.15, -0.1) is 0 Å². The van der Waals surface area contributed by atoms with Crippen molar-refractivity contribution in [3.8, 4) is 0 Å². The summed E-state index contributed by atoms with van der Waals surface area (Å²) in [5.74, 6) is 0.959. The summed E-state index contributed by atoms with van der Waals surface area (Å²) in [6.07, 6.45) is 6.39.